The van der Waals surface area contributed by atoms with E-state index in [-0.39, 0.29) is 0 Å². The second-order valence-electron chi connectivity index (χ2n) is 6.37. The van der Waals surface area contributed by atoms with Gasteiger partial charge in [0, 0.05) is 55.8 Å². The number of carbonyl (C=O) groups is 1. The summed E-state index contributed by atoms with van der Waals surface area (Å²) in [6.07, 6.45) is 4.15. The fourth-order valence-electron chi connectivity index (χ4n) is 3.17. The quantitative estimate of drug-likeness (QED) is 0.729. The number of aromatic nitrogens is 1. The molecule has 1 saturated heterocycles. The third-order valence-corrected chi connectivity index (χ3v) is 4.83. The Morgan fingerprint density at radius 1 is 1.23 bits per heavy atom. The maximum atomic E-state index is 11.4. The number of rotatable bonds is 7. The smallest absolute Gasteiger partial charge is 0.252 e. The van der Waals surface area contributed by atoms with Gasteiger partial charge in [0.2, 0.25) is 0 Å². The summed E-state index contributed by atoms with van der Waals surface area (Å²) < 4.78 is 0. The lowest BCUT2D eigenvalue weighted by molar-refractivity contribution is 0.100. The standard InChI is InChI=1S/C19H24ClN5O/c20-15-3-1-4-16(13-15)25-11-9-24(10-12-25)8-2-6-23-18-5-7-22-14-17(18)19(21)26/h1,3-5,7,13-14H,2,6,8-12H2,(H2,21,26)(H,22,23). The molecule has 0 bridgehead atoms. The summed E-state index contributed by atoms with van der Waals surface area (Å²) in [6, 6.07) is 9.81. The Kier molecular flexibility index (Phi) is 6.30. The number of carbonyl (C=O) groups excluding carboxylic acids is 1. The Bertz CT molecular complexity index is 746. The van der Waals surface area contributed by atoms with Crippen LogP contribution in [0.25, 0.3) is 0 Å². The summed E-state index contributed by atoms with van der Waals surface area (Å²) in [4.78, 5) is 20.2. The number of primary amides is 1. The minimum Gasteiger partial charge on any atom is -0.384 e. The molecule has 1 amide bonds. The monoisotopic (exact) mass is 373 g/mol. The molecule has 1 aromatic heterocycles. The van der Waals surface area contributed by atoms with E-state index < -0.39 is 5.91 Å². The molecular formula is C19H24ClN5O. The van der Waals surface area contributed by atoms with Crippen molar-refractivity contribution < 1.29 is 4.79 Å². The number of halogens is 1. The number of amides is 1. The number of nitrogens with zero attached hydrogens (tertiary/aromatic N) is 3. The van der Waals surface area contributed by atoms with Gasteiger partial charge in [-0.15, -0.1) is 0 Å². The second-order valence-corrected chi connectivity index (χ2v) is 6.81. The van der Waals surface area contributed by atoms with Crippen molar-refractivity contribution in [2.24, 2.45) is 5.73 Å². The minimum atomic E-state index is -0.460. The SMILES string of the molecule is NC(=O)c1cnccc1NCCCN1CCN(c2cccc(Cl)c2)CC1. The van der Waals surface area contributed by atoms with Crippen LogP contribution >= 0.6 is 11.6 Å². The number of hydrogen-bond donors (Lipinski definition) is 2. The maximum absolute atomic E-state index is 11.4. The lowest BCUT2D eigenvalue weighted by Gasteiger charge is -2.36. The van der Waals surface area contributed by atoms with Crippen molar-refractivity contribution in [2.75, 3.05) is 49.5 Å². The first-order valence-electron chi connectivity index (χ1n) is 8.84. The summed E-state index contributed by atoms with van der Waals surface area (Å²) in [6.45, 7) is 5.89. The number of piperazine rings is 1. The molecule has 1 aliphatic heterocycles. The summed E-state index contributed by atoms with van der Waals surface area (Å²) in [7, 11) is 0. The number of nitrogens with one attached hydrogen (secondary N) is 1. The van der Waals surface area contributed by atoms with Crippen LogP contribution in [0.15, 0.2) is 42.7 Å². The van der Waals surface area contributed by atoms with E-state index in [0.717, 1.165) is 56.4 Å². The average molecular weight is 374 g/mol. The van der Waals surface area contributed by atoms with Crippen molar-refractivity contribution in [1.29, 1.82) is 0 Å². The molecular weight excluding hydrogens is 350 g/mol. The molecule has 0 atom stereocenters. The van der Waals surface area contributed by atoms with E-state index in [4.69, 9.17) is 17.3 Å². The Morgan fingerprint density at radius 3 is 2.77 bits per heavy atom. The molecule has 0 aliphatic carbocycles. The molecule has 1 aromatic carbocycles. The molecule has 0 radical (unpaired) electrons. The number of pyridine rings is 1. The molecule has 3 N–H and O–H groups in total. The van der Waals surface area contributed by atoms with Crippen molar-refractivity contribution in [3.8, 4) is 0 Å². The van der Waals surface area contributed by atoms with E-state index in [2.05, 4.69) is 26.2 Å². The van der Waals surface area contributed by atoms with Gasteiger partial charge >= 0.3 is 0 Å². The molecule has 138 valence electrons. The summed E-state index contributed by atoms with van der Waals surface area (Å²) in [5.41, 5.74) is 7.74. The molecule has 26 heavy (non-hydrogen) atoms. The van der Waals surface area contributed by atoms with Crippen molar-refractivity contribution in [1.82, 2.24) is 9.88 Å². The average Bonchev–Trinajstić information content (AvgIpc) is 2.66. The lowest BCUT2D eigenvalue weighted by Crippen LogP contribution is -2.46. The van der Waals surface area contributed by atoms with Gasteiger partial charge in [-0.25, -0.2) is 0 Å². The fraction of sp³-hybridized carbons (Fsp3) is 0.368. The van der Waals surface area contributed by atoms with Gasteiger partial charge in [0.25, 0.3) is 5.91 Å². The minimum absolute atomic E-state index is 0.433. The van der Waals surface area contributed by atoms with E-state index in [1.165, 1.54) is 11.9 Å². The number of anilines is 2. The van der Waals surface area contributed by atoms with Crippen LogP contribution in [-0.2, 0) is 0 Å². The highest BCUT2D eigenvalue weighted by Gasteiger charge is 2.17. The van der Waals surface area contributed by atoms with E-state index in [9.17, 15) is 4.79 Å². The van der Waals surface area contributed by atoms with Gasteiger partial charge in [-0.2, -0.15) is 0 Å². The first kappa shape index (κ1) is 18.5. The highest BCUT2D eigenvalue weighted by atomic mass is 35.5. The Morgan fingerprint density at radius 2 is 2.04 bits per heavy atom. The second kappa shape index (κ2) is 8.87. The molecule has 3 rings (SSSR count). The topological polar surface area (TPSA) is 74.5 Å². The van der Waals surface area contributed by atoms with Crippen LogP contribution in [0.5, 0.6) is 0 Å². The Balaban J connectivity index is 1.40. The van der Waals surface area contributed by atoms with Gasteiger partial charge in [-0.05, 0) is 37.2 Å². The lowest BCUT2D eigenvalue weighted by atomic mass is 10.2. The molecule has 1 aliphatic rings. The zero-order valence-corrected chi connectivity index (χ0v) is 15.5. The predicted octanol–water partition coefficient (Wildman–Crippen LogP) is 2.46. The maximum Gasteiger partial charge on any atom is 0.252 e. The highest BCUT2D eigenvalue weighted by Crippen LogP contribution is 2.20. The zero-order chi connectivity index (χ0) is 18.4. The fourth-order valence-corrected chi connectivity index (χ4v) is 3.36. The number of hydrogen-bond acceptors (Lipinski definition) is 5. The first-order chi connectivity index (χ1) is 12.6. The van der Waals surface area contributed by atoms with Crippen LogP contribution < -0.4 is 16.0 Å². The Hall–Kier alpha value is -2.31. The molecule has 0 unspecified atom stereocenters. The predicted molar refractivity (Wildman–Crippen MR) is 106 cm³/mol. The van der Waals surface area contributed by atoms with Crippen LogP contribution in [0.3, 0.4) is 0 Å². The van der Waals surface area contributed by atoms with Crippen molar-refractivity contribution in [3.63, 3.8) is 0 Å². The molecule has 0 spiro atoms. The third-order valence-electron chi connectivity index (χ3n) is 4.60. The molecule has 1 fully saturated rings. The molecule has 0 saturated carbocycles. The van der Waals surface area contributed by atoms with Crippen molar-refractivity contribution >= 4 is 28.9 Å². The summed E-state index contributed by atoms with van der Waals surface area (Å²) in [5, 5.41) is 4.06. The summed E-state index contributed by atoms with van der Waals surface area (Å²) >= 11 is 6.08. The van der Waals surface area contributed by atoms with Crippen LogP contribution in [0.1, 0.15) is 16.8 Å². The highest BCUT2D eigenvalue weighted by molar-refractivity contribution is 6.30. The van der Waals surface area contributed by atoms with Crippen LogP contribution in [0.2, 0.25) is 5.02 Å². The van der Waals surface area contributed by atoms with Crippen LogP contribution in [-0.4, -0.2) is 55.1 Å². The molecule has 2 aromatic rings. The summed E-state index contributed by atoms with van der Waals surface area (Å²) in [5.74, 6) is -0.460. The third kappa shape index (κ3) is 4.86. The van der Waals surface area contributed by atoms with Gasteiger partial charge in [0.15, 0.2) is 0 Å². The van der Waals surface area contributed by atoms with Crippen LogP contribution in [0, 0.1) is 0 Å². The molecule has 7 heteroatoms. The van der Waals surface area contributed by atoms with E-state index in [1.54, 1.807) is 12.3 Å². The molecule has 2 heterocycles. The normalized spacial score (nSPS) is 15.0. The zero-order valence-electron chi connectivity index (χ0n) is 14.7. The first-order valence-corrected chi connectivity index (χ1v) is 9.22. The number of nitrogens with two attached hydrogens (primary N) is 1. The van der Waals surface area contributed by atoms with Crippen LogP contribution in [0.4, 0.5) is 11.4 Å². The van der Waals surface area contributed by atoms with E-state index in [0.29, 0.717) is 5.56 Å². The van der Waals surface area contributed by atoms with Gasteiger partial charge < -0.3 is 16.0 Å². The van der Waals surface area contributed by atoms with Gasteiger partial charge in [-0.3, -0.25) is 14.7 Å². The molecule has 6 nitrogen and oxygen atoms in total. The van der Waals surface area contributed by atoms with Crippen molar-refractivity contribution in [2.45, 2.75) is 6.42 Å². The van der Waals surface area contributed by atoms with Gasteiger partial charge in [0.05, 0.1) is 11.3 Å². The van der Waals surface area contributed by atoms with Gasteiger partial charge in [-0.1, -0.05) is 17.7 Å². The Labute approximate surface area is 158 Å². The number of benzene rings is 1. The van der Waals surface area contributed by atoms with E-state index >= 15 is 0 Å². The van der Waals surface area contributed by atoms with E-state index in [1.807, 2.05) is 18.2 Å². The largest absolute Gasteiger partial charge is 0.384 e. The van der Waals surface area contributed by atoms with Crippen molar-refractivity contribution in [3.05, 3.63) is 53.3 Å². The van der Waals surface area contributed by atoms with Gasteiger partial charge in [0.1, 0.15) is 0 Å².